The highest BCUT2D eigenvalue weighted by molar-refractivity contribution is 5.57. The lowest BCUT2D eigenvalue weighted by Gasteiger charge is -2.13. The van der Waals surface area contributed by atoms with Gasteiger partial charge in [-0.05, 0) is 37.8 Å². The zero-order valence-electron chi connectivity index (χ0n) is 9.54. The van der Waals surface area contributed by atoms with E-state index in [4.69, 9.17) is 6.57 Å². The highest BCUT2D eigenvalue weighted by Crippen LogP contribution is 2.31. The lowest BCUT2D eigenvalue weighted by atomic mass is 9.95. The third-order valence-corrected chi connectivity index (χ3v) is 2.49. The van der Waals surface area contributed by atoms with Gasteiger partial charge < -0.3 is 0 Å². The van der Waals surface area contributed by atoms with Crippen molar-refractivity contribution >= 4 is 5.69 Å². The molecule has 2 heteroatoms. The average Bonchev–Trinajstić information content (AvgIpc) is 2.17. The summed E-state index contributed by atoms with van der Waals surface area (Å²) in [6.45, 7) is 16.9. The maximum Gasteiger partial charge on any atom is 0.211 e. The summed E-state index contributed by atoms with van der Waals surface area (Å²) in [6.07, 6.45) is 2.79. The van der Waals surface area contributed by atoms with Gasteiger partial charge in [0.05, 0.1) is 6.57 Å². The van der Waals surface area contributed by atoms with Gasteiger partial charge in [-0.3, -0.25) is 4.98 Å². The number of rotatable bonds is 3. The van der Waals surface area contributed by atoms with Crippen molar-refractivity contribution in [2.75, 3.05) is 0 Å². The molecule has 1 unspecified atom stereocenters. The SMILES string of the molecule is [C-]#[N+]c1c(C(C)CC=C)cc(C)nc1C. The summed E-state index contributed by atoms with van der Waals surface area (Å²) >= 11 is 0. The molecule has 15 heavy (non-hydrogen) atoms. The highest BCUT2D eigenvalue weighted by atomic mass is 14.8. The third-order valence-electron chi connectivity index (χ3n) is 2.49. The van der Waals surface area contributed by atoms with Crippen molar-refractivity contribution in [2.24, 2.45) is 0 Å². The smallest absolute Gasteiger partial charge is 0.211 e. The normalized spacial score (nSPS) is 11.9. The molecule has 0 spiro atoms. The van der Waals surface area contributed by atoms with E-state index in [1.807, 2.05) is 26.0 Å². The molecule has 78 valence electrons. The number of nitrogens with zero attached hydrogens (tertiary/aromatic N) is 2. The molecule has 0 aromatic carbocycles. The number of aryl methyl sites for hydroxylation is 2. The van der Waals surface area contributed by atoms with Gasteiger partial charge in [0.2, 0.25) is 5.69 Å². The minimum absolute atomic E-state index is 0.340. The van der Waals surface area contributed by atoms with Crippen LogP contribution in [0.15, 0.2) is 18.7 Å². The van der Waals surface area contributed by atoms with Crippen LogP contribution in [0.1, 0.15) is 36.2 Å². The Balaban J connectivity index is 3.27. The van der Waals surface area contributed by atoms with E-state index < -0.39 is 0 Å². The van der Waals surface area contributed by atoms with Gasteiger partial charge in [-0.25, -0.2) is 4.85 Å². The van der Waals surface area contributed by atoms with Gasteiger partial charge in [0.25, 0.3) is 0 Å². The van der Waals surface area contributed by atoms with E-state index in [0.29, 0.717) is 11.6 Å². The molecule has 1 atom stereocenters. The van der Waals surface area contributed by atoms with Gasteiger partial charge in [0.15, 0.2) is 0 Å². The van der Waals surface area contributed by atoms with Crippen molar-refractivity contribution in [2.45, 2.75) is 33.1 Å². The Bertz CT molecular complexity index is 413. The standard InChI is InChI=1S/C13H16N2/c1-6-7-9(2)12-8-10(3)15-11(4)13(12)14-5/h6,8-9H,1,7H2,2-4H3. The Labute approximate surface area is 91.5 Å². The van der Waals surface area contributed by atoms with Gasteiger partial charge in [0.1, 0.15) is 0 Å². The molecule has 1 aromatic heterocycles. The largest absolute Gasteiger partial charge is 0.270 e. The average molecular weight is 200 g/mol. The number of allylic oxidation sites excluding steroid dienone is 1. The minimum atomic E-state index is 0.340. The molecule has 0 bridgehead atoms. The first-order valence-electron chi connectivity index (χ1n) is 5.06. The summed E-state index contributed by atoms with van der Waals surface area (Å²) in [6, 6.07) is 2.01. The van der Waals surface area contributed by atoms with Crippen LogP contribution < -0.4 is 0 Å². The van der Waals surface area contributed by atoms with E-state index in [9.17, 15) is 0 Å². The van der Waals surface area contributed by atoms with Crippen molar-refractivity contribution in [1.82, 2.24) is 4.98 Å². The molecule has 0 amide bonds. The fourth-order valence-electron chi connectivity index (χ4n) is 1.75. The lowest BCUT2D eigenvalue weighted by molar-refractivity contribution is 0.780. The number of pyridine rings is 1. The van der Waals surface area contributed by atoms with Gasteiger partial charge in [-0.2, -0.15) is 0 Å². The monoisotopic (exact) mass is 200 g/mol. The molecule has 0 aliphatic carbocycles. The van der Waals surface area contributed by atoms with Crippen LogP contribution in [-0.2, 0) is 0 Å². The predicted molar refractivity (Wildman–Crippen MR) is 63.2 cm³/mol. The minimum Gasteiger partial charge on any atom is -0.270 e. The Morgan fingerprint density at radius 2 is 2.27 bits per heavy atom. The Morgan fingerprint density at radius 1 is 1.60 bits per heavy atom. The van der Waals surface area contributed by atoms with E-state index in [1.165, 1.54) is 0 Å². The zero-order chi connectivity index (χ0) is 11.4. The van der Waals surface area contributed by atoms with Crippen molar-refractivity contribution < 1.29 is 0 Å². The molecule has 0 saturated carbocycles. The zero-order valence-corrected chi connectivity index (χ0v) is 9.54. The topological polar surface area (TPSA) is 17.2 Å². The number of hydrogen-bond acceptors (Lipinski definition) is 1. The molecule has 1 aromatic rings. The first-order chi connectivity index (χ1) is 7.10. The second-order valence-corrected chi connectivity index (χ2v) is 3.82. The van der Waals surface area contributed by atoms with Crippen LogP contribution in [0.2, 0.25) is 0 Å². The molecular formula is C13H16N2. The molecule has 0 N–H and O–H groups in total. The lowest BCUT2D eigenvalue weighted by Crippen LogP contribution is -1.97. The summed E-state index contributed by atoms with van der Waals surface area (Å²) in [5, 5.41) is 0. The van der Waals surface area contributed by atoms with Crippen LogP contribution in [0.25, 0.3) is 4.85 Å². The third kappa shape index (κ3) is 2.44. The van der Waals surface area contributed by atoms with Gasteiger partial charge in [0, 0.05) is 11.4 Å². The second kappa shape index (κ2) is 4.75. The van der Waals surface area contributed by atoms with E-state index >= 15 is 0 Å². The number of hydrogen-bond donors (Lipinski definition) is 0. The van der Waals surface area contributed by atoms with E-state index in [1.54, 1.807) is 0 Å². The van der Waals surface area contributed by atoms with Crippen LogP contribution in [0.4, 0.5) is 5.69 Å². The maximum absolute atomic E-state index is 7.18. The van der Waals surface area contributed by atoms with Crippen LogP contribution in [0.5, 0.6) is 0 Å². The van der Waals surface area contributed by atoms with Crippen LogP contribution >= 0.6 is 0 Å². The Morgan fingerprint density at radius 3 is 2.80 bits per heavy atom. The molecule has 0 aliphatic heterocycles. The Kier molecular flexibility index (Phi) is 3.62. The summed E-state index contributed by atoms with van der Waals surface area (Å²) in [5.74, 6) is 0.340. The van der Waals surface area contributed by atoms with Crippen molar-refractivity contribution in [3.05, 3.63) is 47.1 Å². The van der Waals surface area contributed by atoms with E-state index in [0.717, 1.165) is 23.4 Å². The molecule has 0 radical (unpaired) electrons. The molecule has 0 saturated heterocycles. The van der Waals surface area contributed by atoms with Crippen LogP contribution in [-0.4, -0.2) is 4.98 Å². The quantitative estimate of drug-likeness (QED) is 0.533. The Hall–Kier alpha value is -1.62. The van der Waals surface area contributed by atoms with Gasteiger partial charge in [-0.15, -0.1) is 6.58 Å². The first-order valence-corrected chi connectivity index (χ1v) is 5.06. The maximum atomic E-state index is 7.18. The fourth-order valence-corrected chi connectivity index (χ4v) is 1.75. The fraction of sp³-hybridized carbons (Fsp3) is 0.385. The predicted octanol–water partition coefficient (Wildman–Crippen LogP) is 3.93. The molecule has 1 rings (SSSR count). The molecular weight excluding hydrogens is 184 g/mol. The number of aromatic nitrogens is 1. The van der Waals surface area contributed by atoms with Crippen LogP contribution in [0, 0.1) is 20.4 Å². The summed E-state index contributed by atoms with van der Waals surface area (Å²) < 4.78 is 0. The first kappa shape index (κ1) is 11.5. The van der Waals surface area contributed by atoms with Crippen molar-refractivity contribution in [3.8, 4) is 0 Å². The van der Waals surface area contributed by atoms with E-state index in [-0.39, 0.29) is 0 Å². The molecule has 0 aliphatic rings. The van der Waals surface area contributed by atoms with Crippen molar-refractivity contribution in [1.29, 1.82) is 0 Å². The molecule has 1 heterocycles. The molecule has 2 nitrogen and oxygen atoms in total. The summed E-state index contributed by atoms with van der Waals surface area (Å²) in [4.78, 5) is 7.88. The summed E-state index contributed by atoms with van der Waals surface area (Å²) in [7, 11) is 0. The van der Waals surface area contributed by atoms with Gasteiger partial charge >= 0.3 is 0 Å². The van der Waals surface area contributed by atoms with E-state index in [2.05, 4.69) is 23.3 Å². The van der Waals surface area contributed by atoms with Crippen LogP contribution in [0.3, 0.4) is 0 Å². The van der Waals surface area contributed by atoms with Gasteiger partial charge in [-0.1, -0.05) is 13.0 Å². The molecule has 0 fully saturated rings. The second-order valence-electron chi connectivity index (χ2n) is 3.82. The van der Waals surface area contributed by atoms with Crippen molar-refractivity contribution in [3.63, 3.8) is 0 Å². The highest BCUT2D eigenvalue weighted by Gasteiger charge is 2.13. The summed E-state index contributed by atoms with van der Waals surface area (Å²) in [5.41, 5.74) is 3.60.